The minimum Gasteiger partial charge on any atom is -0.470 e. The third-order valence-electron chi connectivity index (χ3n) is 3.99. The zero-order valence-electron chi connectivity index (χ0n) is 17.1. The molecule has 1 atom stereocenters. The number of nitrogens with zero attached hydrogens (tertiary/aromatic N) is 2. The van der Waals surface area contributed by atoms with E-state index < -0.39 is 11.0 Å². The Balaban J connectivity index is 2.07. The molecule has 156 valence electrons. The lowest BCUT2D eigenvalue weighted by Gasteiger charge is -2.27. The predicted octanol–water partition coefficient (Wildman–Crippen LogP) is 4.69. The summed E-state index contributed by atoms with van der Waals surface area (Å²) in [6.07, 6.45) is 7.47. The molecule has 1 amide bonds. The van der Waals surface area contributed by atoms with E-state index in [1.165, 1.54) is 11.8 Å². The fourth-order valence-electron chi connectivity index (χ4n) is 2.63. The zero-order valence-corrected chi connectivity index (χ0v) is 20.0. The van der Waals surface area contributed by atoms with E-state index in [1.807, 2.05) is 51.4 Å². The molecule has 1 heterocycles. The number of ether oxygens (including phenoxy) is 1. The summed E-state index contributed by atoms with van der Waals surface area (Å²) >= 11 is 3.57. The molecule has 1 unspecified atom stereocenters. The van der Waals surface area contributed by atoms with Gasteiger partial charge in [-0.15, -0.1) is 11.8 Å². The first-order valence-electron chi connectivity index (χ1n) is 9.08. The molecule has 0 saturated carbocycles. The number of carbonyl (C=O) groups is 1. The van der Waals surface area contributed by atoms with E-state index >= 15 is 0 Å². The van der Waals surface area contributed by atoms with Crippen LogP contribution < -0.4 is 10.1 Å². The van der Waals surface area contributed by atoms with E-state index in [0.29, 0.717) is 18.8 Å². The van der Waals surface area contributed by atoms with Crippen LogP contribution in [0.2, 0.25) is 0 Å². The van der Waals surface area contributed by atoms with Crippen molar-refractivity contribution < 1.29 is 14.4 Å². The van der Waals surface area contributed by atoms with Crippen molar-refractivity contribution in [2.75, 3.05) is 12.9 Å². The molecular formula is C21H26IN3O3S. The number of halogens is 1. The lowest BCUT2D eigenvalue weighted by Crippen LogP contribution is -2.48. The molecule has 0 saturated heterocycles. The number of hydrogen-bond donors (Lipinski definition) is 1. The van der Waals surface area contributed by atoms with E-state index in [0.717, 1.165) is 20.0 Å². The predicted molar refractivity (Wildman–Crippen MR) is 129 cm³/mol. The van der Waals surface area contributed by atoms with Crippen LogP contribution in [0.3, 0.4) is 0 Å². The van der Waals surface area contributed by atoms with E-state index in [2.05, 4.69) is 44.6 Å². The summed E-state index contributed by atoms with van der Waals surface area (Å²) in [7, 11) is 0. The maximum atomic E-state index is 12.8. The van der Waals surface area contributed by atoms with Gasteiger partial charge in [0.05, 0.1) is 5.52 Å². The number of aromatic nitrogens is 1. The van der Waals surface area contributed by atoms with Crippen LogP contribution in [0.15, 0.2) is 42.2 Å². The van der Waals surface area contributed by atoms with Crippen LogP contribution >= 0.6 is 34.4 Å². The third kappa shape index (κ3) is 7.18. The Labute approximate surface area is 189 Å². The summed E-state index contributed by atoms with van der Waals surface area (Å²) in [5, 5.41) is 7.84. The summed E-state index contributed by atoms with van der Waals surface area (Å²) in [5.74, 6) is 0.451. The van der Waals surface area contributed by atoms with Gasteiger partial charge in [0.25, 0.3) is 5.91 Å². The van der Waals surface area contributed by atoms with Crippen LogP contribution in [0.25, 0.3) is 10.9 Å². The van der Waals surface area contributed by atoms with Gasteiger partial charge >= 0.3 is 0 Å². The molecule has 0 aliphatic heterocycles. The van der Waals surface area contributed by atoms with Gasteiger partial charge in [-0.2, -0.15) is 0 Å². The molecule has 8 heteroatoms. The Morgan fingerprint density at radius 3 is 2.90 bits per heavy atom. The number of amides is 1. The van der Waals surface area contributed by atoms with Gasteiger partial charge in [-0.05, 0) is 73.4 Å². The Kier molecular flexibility index (Phi) is 8.76. The fourth-order valence-corrected chi connectivity index (χ4v) is 3.58. The van der Waals surface area contributed by atoms with Gasteiger partial charge in [0.2, 0.25) is 5.44 Å². The van der Waals surface area contributed by atoms with Crippen molar-refractivity contribution in [3.05, 3.63) is 46.2 Å². The van der Waals surface area contributed by atoms with Gasteiger partial charge < -0.3 is 14.9 Å². The second kappa shape index (κ2) is 10.8. The highest BCUT2D eigenvalue weighted by Gasteiger charge is 2.26. The number of rotatable bonds is 10. The average molecular weight is 527 g/mol. The minimum atomic E-state index is -0.671. The van der Waals surface area contributed by atoms with Crippen molar-refractivity contribution in [1.29, 1.82) is 0 Å². The van der Waals surface area contributed by atoms with Gasteiger partial charge in [-0.1, -0.05) is 17.8 Å². The maximum Gasteiger partial charge on any atom is 0.272 e. The van der Waals surface area contributed by atoms with Crippen LogP contribution in [0, 0.1) is 10.5 Å². The minimum absolute atomic E-state index is 0.193. The summed E-state index contributed by atoms with van der Waals surface area (Å²) in [6, 6.07) is 5.88. The smallest absolute Gasteiger partial charge is 0.272 e. The van der Waals surface area contributed by atoms with Gasteiger partial charge in [-0.3, -0.25) is 9.78 Å². The molecule has 0 aliphatic carbocycles. The quantitative estimate of drug-likeness (QED) is 0.121. The summed E-state index contributed by atoms with van der Waals surface area (Å²) < 4.78 is 7.06. The number of pyridine rings is 1. The SMILES string of the molecule is C=CCO/N=C\CC(C)(C)NC(=O)C(Oc1cc(C)c2ncc(I)cc2c1)SC. The molecule has 1 N–H and O–H groups in total. The summed E-state index contributed by atoms with van der Waals surface area (Å²) in [6.45, 7) is 9.75. The number of hydrogen-bond acceptors (Lipinski definition) is 6. The molecule has 1 aromatic heterocycles. The molecule has 0 radical (unpaired) electrons. The second-order valence-electron chi connectivity index (χ2n) is 7.10. The average Bonchev–Trinajstić information content (AvgIpc) is 2.65. The highest BCUT2D eigenvalue weighted by molar-refractivity contribution is 14.1. The van der Waals surface area contributed by atoms with Crippen LogP contribution in [0.1, 0.15) is 25.8 Å². The van der Waals surface area contributed by atoms with Crippen molar-refractivity contribution in [1.82, 2.24) is 10.3 Å². The van der Waals surface area contributed by atoms with Gasteiger partial charge in [-0.25, -0.2) is 0 Å². The Morgan fingerprint density at radius 2 is 2.21 bits per heavy atom. The molecule has 2 rings (SSSR count). The maximum absolute atomic E-state index is 12.8. The summed E-state index contributed by atoms with van der Waals surface area (Å²) in [4.78, 5) is 22.2. The van der Waals surface area contributed by atoms with E-state index in [4.69, 9.17) is 9.57 Å². The van der Waals surface area contributed by atoms with Gasteiger partial charge in [0.15, 0.2) is 0 Å². The van der Waals surface area contributed by atoms with E-state index in [-0.39, 0.29) is 5.91 Å². The number of thioether (sulfide) groups is 1. The summed E-state index contributed by atoms with van der Waals surface area (Å²) in [5.41, 5.74) is 0.775. The number of oxime groups is 1. The van der Waals surface area contributed by atoms with E-state index in [1.54, 1.807) is 12.3 Å². The van der Waals surface area contributed by atoms with Crippen LogP contribution in [0.4, 0.5) is 0 Å². The number of benzene rings is 1. The second-order valence-corrected chi connectivity index (χ2v) is 9.25. The number of nitrogens with one attached hydrogen (secondary N) is 1. The molecule has 0 bridgehead atoms. The zero-order chi connectivity index (χ0) is 21.4. The first-order chi connectivity index (χ1) is 13.8. The van der Waals surface area contributed by atoms with Crippen molar-refractivity contribution in [3.8, 4) is 5.75 Å². The van der Waals surface area contributed by atoms with Gasteiger partial charge in [0.1, 0.15) is 12.4 Å². The molecule has 0 spiro atoms. The Morgan fingerprint density at radius 1 is 1.45 bits per heavy atom. The van der Waals surface area contributed by atoms with Crippen LogP contribution in [-0.4, -0.2) is 40.9 Å². The number of aryl methyl sites for hydroxylation is 1. The molecule has 6 nitrogen and oxygen atoms in total. The number of fused-ring (bicyclic) bond motifs is 1. The van der Waals surface area contributed by atoms with Crippen LogP contribution in [-0.2, 0) is 9.63 Å². The molecule has 29 heavy (non-hydrogen) atoms. The third-order valence-corrected chi connectivity index (χ3v) is 5.32. The first-order valence-corrected chi connectivity index (χ1v) is 11.4. The Bertz CT molecular complexity index is 902. The molecular weight excluding hydrogens is 501 g/mol. The standard InChI is InChI=1S/C21H26IN3O3S/c1-6-9-27-24-8-7-21(3,4)25-19(26)20(29-5)28-17-10-14(2)18-15(12-17)11-16(22)13-23-18/h6,8,10-13,20H,1,7,9H2,2-5H3,(H,25,26)/b24-8-. The highest BCUT2D eigenvalue weighted by atomic mass is 127. The molecule has 2 aromatic rings. The largest absolute Gasteiger partial charge is 0.470 e. The van der Waals surface area contributed by atoms with Crippen molar-refractivity contribution >= 4 is 57.4 Å². The van der Waals surface area contributed by atoms with Crippen molar-refractivity contribution in [2.45, 2.75) is 38.2 Å². The van der Waals surface area contributed by atoms with Crippen molar-refractivity contribution in [2.24, 2.45) is 5.16 Å². The fraction of sp³-hybridized carbons (Fsp3) is 0.381. The monoisotopic (exact) mass is 527 g/mol. The topological polar surface area (TPSA) is 72.8 Å². The highest BCUT2D eigenvalue weighted by Crippen LogP contribution is 2.27. The van der Waals surface area contributed by atoms with Crippen LogP contribution in [0.5, 0.6) is 5.75 Å². The lowest BCUT2D eigenvalue weighted by molar-refractivity contribution is -0.126. The molecule has 0 fully saturated rings. The van der Waals surface area contributed by atoms with E-state index in [9.17, 15) is 4.79 Å². The number of carbonyl (C=O) groups excluding carboxylic acids is 1. The van der Waals surface area contributed by atoms with Gasteiger partial charge in [0, 0.05) is 33.3 Å². The first kappa shape index (κ1) is 23.5. The Hall–Kier alpha value is -1.81. The molecule has 0 aliphatic rings. The normalized spacial score (nSPS) is 12.7. The molecule has 1 aromatic carbocycles. The lowest BCUT2D eigenvalue weighted by atomic mass is 10.0. The van der Waals surface area contributed by atoms with Crippen molar-refractivity contribution in [3.63, 3.8) is 0 Å².